The molecule has 0 spiro atoms. The van der Waals surface area contributed by atoms with Gasteiger partial charge in [0.25, 0.3) is 0 Å². The summed E-state index contributed by atoms with van der Waals surface area (Å²) in [6.45, 7) is 8.71. The topological polar surface area (TPSA) is 75.0 Å². The molecule has 1 saturated heterocycles. The first-order valence-electron chi connectivity index (χ1n) is 11.4. The number of carbonyl (C=O) groups excluding carboxylic acids is 2. The molecule has 0 radical (unpaired) electrons. The summed E-state index contributed by atoms with van der Waals surface area (Å²) in [4.78, 5) is 26.1. The highest BCUT2D eigenvalue weighted by Gasteiger charge is 2.47. The smallest absolute Gasteiger partial charge is 0.303 e. The molecular weight excluding hydrogens is 452 g/mol. The number of ether oxygens (including phenoxy) is 3. The Labute approximate surface area is 203 Å². The van der Waals surface area contributed by atoms with Gasteiger partial charge in [-0.05, 0) is 54.8 Å². The molecule has 1 aromatic carbocycles. The number of thiophene rings is 1. The van der Waals surface area contributed by atoms with Crippen LogP contribution >= 0.6 is 11.3 Å². The fourth-order valence-corrected chi connectivity index (χ4v) is 5.40. The number of hydrogen-bond acceptors (Lipinski definition) is 7. The van der Waals surface area contributed by atoms with Gasteiger partial charge >= 0.3 is 11.9 Å². The Hall–Kier alpha value is -2.90. The highest BCUT2D eigenvalue weighted by molar-refractivity contribution is 7.15. The van der Waals surface area contributed by atoms with Crippen LogP contribution in [0.1, 0.15) is 55.4 Å². The molecule has 0 saturated carbocycles. The monoisotopic (exact) mass is 482 g/mol. The average molecular weight is 483 g/mol. The van der Waals surface area contributed by atoms with E-state index in [4.69, 9.17) is 18.6 Å². The number of rotatable bonds is 6. The molecular formula is C27H30O6S. The second kappa shape index (κ2) is 10.2. The lowest BCUT2D eigenvalue weighted by molar-refractivity contribution is -0.222. The van der Waals surface area contributed by atoms with Gasteiger partial charge in [0.05, 0.1) is 17.2 Å². The van der Waals surface area contributed by atoms with Gasteiger partial charge in [-0.2, -0.15) is 0 Å². The summed E-state index contributed by atoms with van der Waals surface area (Å²) < 4.78 is 23.1. The molecule has 2 aromatic heterocycles. The number of furan rings is 1. The van der Waals surface area contributed by atoms with Crippen LogP contribution in [0.4, 0.5) is 0 Å². The first-order valence-corrected chi connectivity index (χ1v) is 12.3. The lowest BCUT2D eigenvalue weighted by Gasteiger charge is -2.43. The van der Waals surface area contributed by atoms with Gasteiger partial charge in [-0.25, -0.2) is 0 Å². The highest BCUT2D eigenvalue weighted by atomic mass is 32.1. The van der Waals surface area contributed by atoms with E-state index in [9.17, 15) is 9.59 Å². The molecule has 0 bridgehead atoms. The summed E-state index contributed by atoms with van der Waals surface area (Å²) in [6, 6.07) is 14.2. The zero-order valence-electron chi connectivity index (χ0n) is 20.1. The Kier molecular flexibility index (Phi) is 7.24. The lowest BCUT2D eigenvalue weighted by atomic mass is 9.85. The van der Waals surface area contributed by atoms with Gasteiger partial charge in [0.15, 0.2) is 6.10 Å². The first-order chi connectivity index (χ1) is 16.2. The van der Waals surface area contributed by atoms with E-state index in [0.29, 0.717) is 0 Å². The van der Waals surface area contributed by atoms with Crippen molar-refractivity contribution in [3.8, 4) is 10.6 Å². The van der Waals surface area contributed by atoms with Crippen LogP contribution in [-0.4, -0.2) is 30.3 Å². The van der Waals surface area contributed by atoms with Crippen molar-refractivity contribution in [1.29, 1.82) is 0 Å². The maximum absolute atomic E-state index is 11.9. The van der Waals surface area contributed by atoms with Crippen molar-refractivity contribution in [3.63, 3.8) is 0 Å². The Morgan fingerprint density at radius 3 is 2.41 bits per heavy atom. The summed E-state index contributed by atoms with van der Waals surface area (Å²) in [7, 11) is 0. The van der Waals surface area contributed by atoms with Gasteiger partial charge in [0.1, 0.15) is 18.0 Å². The number of hydrogen-bond donors (Lipinski definition) is 0. The van der Waals surface area contributed by atoms with E-state index >= 15 is 0 Å². The normalized spacial score (nSPS) is 24.6. The number of aryl methyl sites for hydroxylation is 1. The fraction of sp³-hybridized carbons (Fsp3) is 0.407. The molecule has 3 heterocycles. The minimum Gasteiger partial charge on any atom is -0.464 e. The minimum absolute atomic E-state index is 0.124. The van der Waals surface area contributed by atoms with Crippen LogP contribution in [0.5, 0.6) is 0 Å². The molecule has 0 aliphatic carbocycles. The summed E-state index contributed by atoms with van der Waals surface area (Å²) in [5.74, 6) is -0.105. The Morgan fingerprint density at radius 2 is 1.74 bits per heavy atom. The molecule has 1 fully saturated rings. The van der Waals surface area contributed by atoms with Crippen molar-refractivity contribution >= 4 is 23.3 Å². The number of benzene rings is 1. The van der Waals surface area contributed by atoms with E-state index in [1.165, 1.54) is 18.7 Å². The second-order valence-corrected chi connectivity index (χ2v) is 10.0. The van der Waals surface area contributed by atoms with Crippen LogP contribution in [-0.2, 0) is 30.2 Å². The van der Waals surface area contributed by atoms with Crippen LogP contribution in [0.25, 0.3) is 10.6 Å². The van der Waals surface area contributed by atoms with Crippen molar-refractivity contribution in [2.24, 2.45) is 5.92 Å². The minimum atomic E-state index is -0.726. The number of carbonyl (C=O) groups is 2. The molecule has 3 aromatic rings. The predicted molar refractivity (Wildman–Crippen MR) is 130 cm³/mol. The molecule has 1 aliphatic rings. The van der Waals surface area contributed by atoms with Crippen LogP contribution in [0, 0.1) is 12.8 Å². The second-order valence-electron chi connectivity index (χ2n) is 8.87. The molecule has 5 atom stereocenters. The zero-order valence-corrected chi connectivity index (χ0v) is 20.9. The third kappa shape index (κ3) is 5.26. The Balaban J connectivity index is 1.64. The van der Waals surface area contributed by atoms with Gasteiger partial charge < -0.3 is 18.6 Å². The van der Waals surface area contributed by atoms with Gasteiger partial charge in [-0.3, -0.25) is 9.59 Å². The third-order valence-corrected chi connectivity index (χ3v) is 7.44. The lowest BCUT2D eigenvalue weighted by Crippen LogP contribution is -2.52. The van der Waals surface area contributed by atoms with E-state index in [2.05, 4.69) is 31.2 Å². The van der Waals surface area contributed by atoms with E-state index < -0.39 is 30.3 Å². The molecule has 180 valence electrons. The van der Waals surface area contributed by atoms with Crippen molar-refractivity contribution in [1.82, 2.24) is 0 Å². The average Bonchev–Trinajstić information content (AvgIpc) is 3.46. The summed E-state index contributed by atoms with van der Waals surface area (Å²) in [5, 5.41) is 0. The highest BCUT2D eigenvalue weighted by Crippen LogP contribution is 2.39. The van der Waals surface area contributed by atoms with Gasteiger partial charge in [-0.1, -0.05) is 25.1 Å². The van der Waals surface area contributed by atoms with E-state index in [-0.39, 0.29) is 12.0 Å². The molecule has 4 rings (SSSR count). The quantitative estimate of drug-likeness (QED) is 0.409. The first kappa shape index (κ1) is 24.2. The molecule has 1 aliphatic heterocycles. The van der Waals surface area contributed by atoms with Crippen LogP contribution < -0.4 is 0 Å². The van der Waals surface area contributed by atoms with Crippen LogP contribution in [0.2, 0.25) is 0 Å². The fourth-order valence-electron chi connectivity index (χ4n) is 4.40. The largest absolute Gasteiger partial charge is 0.464 e. The summed E-state index contributed by atoms with van der Waals surface area (Å²) >= 11 is 1.70. The predicted octanol–water partition coefficient (Wildman–Crippen LogP) is 5.87. The van der Waals surface area contributed by atoms with Crippen molar-refractivity contribution in [2.75, 3.05) is 0 Å². The van der Waals surface area contributed by atoms with E-state index in [0.717, 1.165) is 33.7 Å². The maximum atomic E-state index is 11.9. The molecule has 34 heavy (non-hydrogen) atoms. The van der Waals surface area contributed by atoms with Crippen LogP contribution in [0.15, 0.2) is 53.1 Å². The summed E-state index contributed by atoms with van der Waals surface area (Å²) in [5.41, 5.74) is 3.21. The molecule has 7 heteroatoms. The van der Waals surface area contributed by atoms with Crippen LogP contribution in [0.3, 0.4) is 0 Å². The molecule has 1 unspecified atom stereocenters. The van der Waals surface area contributed by atoms with Gasteiger partial charge in [-0.15, -0.1) is 11.3 Å². The molecule has 0 amide bonds. The van der Waals surface area contributed by atoms with E-state index in [1.807, 2.05) is 32.0 Å². The van der Waals surface area contributed by atoms with Gasteiger partial charge in [0, 0.05) is 31.1 Å². The van der Waals surface area contributed by atoms with Crippen molar-refractivity contribution in [2.45, 2.75) is 65.5 Å². The third-order valence-electron chi connectivity index (χ3n) is 6.34. The van der Waals surface area contributed by atoms with Gasteiger partial charge in [0.2, 0.25) is 0 Å². The zero-order chi connectivity index (χ0) is 24.4. The number of esters is 2. The maximum Gasteiger partial charge on any atom is 0.303 e. The SMILES string of the molecule is CC(=O)O[C@H]1[C@H](C)[C@@H](C)OC(c2ccc(C)c(Cc3ccc(-c4ccco4)s3)c2)[C@@H]1OC(C)=O. The Bertz CT molecular complexity index is 1150. The Morgan fingerprint density at radius 1 is 1.00 bits per heavy atom. The van der Waals surface area contributed by atoms with Crippen molar-refractivity contribution in [3.05, 3.63) is 70.3 Å². The standard InChI is InChI=1S/C27H30O6S/c1-15-8-9-20(13-21(15)14-22-10-11-24(34-22)23-7-6-12-30-23)26-27(33-19(5)29)25(32-18(4)28)16(2)17(3)31-26/h6-13,16-17,25-27H,14H2,1-5H3/t16-,17-,25+,26?,27-/m1/s1. The summed E-state index contributed by atoms with van der Waals surface area (Å²) in [6.07, 6.45) is 0.398. The van der Waals surface area contributed by atoms with Crippen molar-refractivity contribution < 1.29 is 28.2 Å². The van der Waals surface area contributed by atoms with E-state index in [1.54, 1.807) is 17.6 Å². The molecule has 0 N–H and O–H groups in total. The molecule has 6 nitrogen and oxygen atoms in total.